The molecule has 6 rings (SSSR count). The zero-order valence-corrected chi connectivity index (χ0v) is 56.8. The number of carboxylic acid groups (broad SMARTS) is 1. The Hall–Kier alpha value is -10.3. The number of hydrogen-bond donors (Lipinski definition) is 16. The lowest BCUT2D eigenvalue weighted by atomic mass is 9.98. The third kappa shape index (κ3) is 25.2. The predicted molar refractivity (Wildman–Crippen MR) is 368 cm³/mol. The largest absolute Gasteiger partial charge is 0.480 e. The maximum absolute atomic E-state index is 15.2. The summed E-state index contributed by atoms with van der Waals surface area (Å²) in [4.78, 5) is 193. The van der Waals surface area contributed by atoms with Crippen LogP contribution in [0.4, 0.5) is 0 Å². The van der Waals surface area contributed by atoms with Gasteiger partial charge in [0.25, 0.3) is 0 Å². The van der Waals surface area contributed by atoms with Gasteiger partial charge in [0.05, 0.1) is 6.42 Å². The van der Waals surface area contributed by atoms with Gasteiger partial charge in [-0.05, 0) is 109 Å². The lowest BCUT2D eigenvalue weighted by Gasteiger charge is -2.31. The molecular weight excluding hydrogens is 1320 g/mol. The highest BCUT2D eigenvalue weighted by Gasteiger charge is 2.41. The van der Waals surface area contributed by atoms with Crippen molar-refractivity contribution in [1.82, 2.24) is 68.5 Å². The molecule has 100 heavy (non-hydrogen) atoms. The van der Waals surface area contributed by atoms with Crippen LogP contribution in [-0.2, 0) is 81.6 Å². The van der Waals surface area contributed by atoms with E-state index < -0.39 is 150 Å². The maximum Gasteiger partial charge on any atom is 0.327 e. The van der Waals surface area contributed by atoms with Crippen molar-refractivity contribution in [3.8, 4) is 0 Å². The van der Waals surface area contributed by atoms with Gasteiger partial charge < -0.3 is 80.4 Å². The molecule has 33 heteroatoms. The van der Waals surface area contributed by atoms with Gasteiger partial charge in [-0.3, -0.25) is 72.9 Å². The fourth-order valence-corrected chi connectivity index (χ4v) is 11.6. The molecule has 2 aliphatic rings. The van der Waals surface area contributed by atoms with Crippen molar-refractivity contribution in [2.75, 3.05) is 26.2 Å². The van der Waals surface area contributed by atoms with Crippen LogP contribution in [0.15, 0.2) is 96.2 Å². The number of aliphatic imine (C=N–C) groups is 1. The predicted octanol–water partition coefficient (Wildman–Crippen LogP) is -2.11. The van der Waals surface area contributed by atoms with Crippen LogP contribution < -0.4 is 81.6 Å². The molecule has 10 atom stereocenters. The number of carbonyl (C=O) groups excluding carboxylic acids is 12. The molecule has 2 fully saturated rings. The molecule has 0 bridgehead atoms. The van der Waals surface area contributed by atoms with Gasteiger partial charge in [-0.15, -0.1) is 0 Å². The number of likely N-dealkylation sites (tertiary alicyclic amines) is 1. The molecule has 0 aliphatic carbocycles. The highest BCUT2D eigenvalue weighted by atomic mass is 35.5. The third-order valence-electron chi connectivity index (χ3n) is 16.7. The Morgan fingerprint density at radius 1 is 0.680 bits per heavy atom. The van der Waals surface area contributed by atoms with E-state index in [4.69, 9.17) is 34.6 Å². The van der Waals surface area contributed by atoms with E-state index >= 15 is 9.59 Å². The molecule has 0 saturated carbocycles. The Bertz CT molecular complexity index is 3580. The summed E-state index contributed by atoms with van der Waals surface area (Å²) in [6.07, 6.45) is 1.13. The van der Waals surface area contributed by atoms with Crippen molar-refractivity contribution >= 4 is 105 Å². The van der Waals surface area contributed by atoms with Crippen molar-refractivity contribution in [1.29, 1.82) is 0 Å². The summed E-state index contributed by atoms with van der Waals surface area (Å²) in [7, 11) is 0. The average Bonchev–Trinajstić information content (AvgIpc) is 1.53. The van der Waals surface area contributed by atoms with Crippen LogP contribution in [0.2, 0.25) is 5.02 Å². The van der Waals surface area contributed by atoms with Crippen LogP contribution in [0.5, 0.6) is 0 Å². The second-order valence-corrected chi connectivity index (χ2v) is 25.5. The van der Waals surface area contributed by atoms with Crippen molar-refractivity contribution in [2.24, 2.45) is 34.0 Å². The Labute approximate surface area is 582 Å². The van der Waals surface area contributed by atoms with Crippen molar-refractivity contribution in [2.45, 2.75) is 171 Å². The zero-order valence-electron chi connectivity index (χ0n) is 56.0. The second-order valence-electron chi connectivity index (χ2n) is 25.0. The minimum Gasteiger partial charge on any atom is -0.480 e. The molecule has 2 aliphatic heterocycles. The molecule has 540 valence electrons. The van der Waals surface area contributed by atoms with Crippen molar-refractivity contribution in [3.63, 3.8) is 0 Å². The van der Waals surface area contributed by atoms with Gasteiger partial charge in [-0.2, -0.15) is 0 Å². The van der Waals surface area contributed by atoms with Gasteiger partial charge in [-0.25, -0.2) is 10.6 Å². The molecule has 2 saturated heterocycles. The average molecular weight is 1410 g/mol. The number of nitrogens with zero attached hydrogens (tertiary/aromatic N) is 3. The van der Waals surface area contributed by atoms with E-state index in [-0.39, 0.29) is 109 Å². The van der Waals surface area contributed by atoms with Gasteiger partial charge in [0.15, 0.2) is 5.96 Å². The summed E-state index contributed by atoms with van der Waals surface area (Å²) in [6.45, 7) is 4.22. The number of pyridine rings is 1. The molecule has 20 N–H and O–H groups in total. The number of benzene rings is 3. The first-order valence-electron chi connectivity index (χ1n) is 33.1. The number of guanidine groups is 1. The second kappa shape index (κ2) is 39.3. The number of aromatic nitrogens is 1. The van der Waals surface area contributed by atoms with Crippen LogP contribution in [0.1, 0.15) is 108 Å². The van der Waals surface area contributed by atoms with Crippen LogP contribution >= 0.6 is 11.6 Å². The van der Waals surface area contributed by atoms with Crippen LogP contribution in [0, 0.1) is 5.92 Å². The Balaban J connectivity index is 1.44. The fourth-order valence-electron chi connectivity index (χ4n) is 11.5. The van der Waals surface area contributed by atoms with Crippen LogP contribution in [0.25, 0.3) is 10.8 Å². The zero-order chi connectivity index (χ0) is 73.0. The molecule has 1 aromatic heterocycles. The number of carboxylic acids is 1. The summed E-state index contributed by atoms with van der Waals surface area (Å²) in [5.41, 5.74) is 20.3. The number of fused-ring (bicyclic) bond motifs is 1. The molecule has 0 unspecified atom stereocenters. The fraction of sp³-hybridized carbons (Fsp3) is 0.478. The number of rotatable bonds is 20. The Kier molecular flexibility index (Phi) is 30.9. The van der Waals surface area contributed by atoms with Gasteiger partial charge in [0.1, 0.15) is 60.4 Å². The van der Waals surface area contributed by atoms with E-state index in [1.165, 1.54) is 17.3 Å². The van der Waals surface area contributed by atoms with Crippen molar-refractivity contribution < 1.29 is 67.4 Å². The monoisotopic (exact) mass is 1410 g/mol. The standard InChI is InChI=1S/C67H91ClN18O14/c1-37(2)29-48-59(92)78-47(65(98)86-28-10-16-54(86)64(97)84-53(35-69)66(99)100)14-6-7-26-74-55(88)24-23-46(76-38(3)87)58(91)80-49(31-39-18-21-44(68)22-19-39)60(93)82-51(33-41-11-8-25-73-36-41)62(95)83-52(34-56(89)85-72)63(96)77-45(15-9-27-75-67(70)71)57(90)81-50(61(94)79-48)32-40-17-20-42-12-4-5-13-43(42)30-40/h4-5,8,11-13,17-22,25,30,36-37,45-54H,6-7,9-10,14-16,23-24,26-29,31-35,69,72H2,1-3H3,(H,74,88)(H,76,87)(H,77,96)(H,78,92)(H,79,94)(H,80,91)(H,81,90)(H,82,93)(H,83,95)(H,84,97)(H,85,89)(H,99,100)(H4,70,71,75)/t45-,46+,47-,48-,49+,50+,51+,52-,53-,54-/m0/s1. The highest BCUT2D eigenvalue weighted by Crippen LogP contribution is 2.22. The summed E-state index contributed by atoms with van der Waals surface area (Å²) in [5.74, 6) is -6.90. The summed E-state index contributed by atoms with van der Waals surface area (Å²) < 4.78 is 0. The Morgan fingerprint density at radius 3 is 1.89 bits per heavy atom. The molecule has 4 aromatic rings. The first kappa shape index (κ1) is 78.7. The third-order valence-corrected chi connectivity index (χ3v) is 16.9. The number of hydrazine groups is 1. The first-order valence-corrected chi connectivity index (χ1v) is 33.5. The topological polar surface area (TPSA) is 507 Å². The van der Waals surface area contributed by atoms with E-state index in [1.807, 2.05) is 35.8 Å². The maximum atomic E-state index is 15.2. The molecule has 3 heterocycles. The van der Waals surface area contributed by atoms with Gasteiger partial charge in [0.2, 0.25) is 70.9 Å². The molecule has 0 spiro atoms. The number of hydrogen-bond acceptors (Lipinski definition) is 17. The van der Waals surface area contributed by atoms with E-state index in [0.717, 1.165) is 17.7 Å². The lowest BCUT2D eigenvalue weighted by molar-refractivity contribution is -0.145. The number of amides is 12. The van der Waals surface area contributed by atoms with Gasteiger partial charge in [0, 0.05) is 76.2 Å². The highest BCUT2D eigenvalue weighted by molar-refractivity contribution is 6.30. The van der Waals surface area contributed by atoms with Crippen LogP contribution in [-0.4, -0.2) is 184 Å². The Morgan fingerprint density at radius 2 is 1.27 bits per heavy atom. The number of aliphatic carboxylic acids is 1. The van der Waals surface area contributed by atoms with Gasteiger partial charge >= 0.3 is 5.97 Å². The quantitative estimate of drug-likeness (QED) is 0.0112. The van der Waals surface area contributed by atoms with E-state index in [0.29, 0.717) is 28.1 Å². The minimum absolute atomic E-state index is 0.00431. The number of halogens is 1. The first-order chi connectivity index (χ1) is 47.7. The smallest absolute Gasteiger partial charge is 0.327 e. The molecular formula is C67H91ClN18O14. The summed E-state index contributed by atoms with van der Waals surface area (Å²) >= 11 is 6.22. The minimum atomic E-state index is -1.87. The molecule has 3 aromatic carbocycles. The van der Waals surface area contributed by atoms with Crippen molar-refractivity contribution in [3.05, 3.63) is 113 Å². The van der Waals surface area contributed by atoms with Gasteiger partial charge in [-0.1, -0.05) is 86.1 Å². The van der Waals surface area contributed by atoms with Crippen LogP contribution in [0.3, 0.4) is 0 Å². The van der Waals surface area contributed by atoms with E-state index in [2.05, 4.69) is 63.1 Å². The molecule has 0 radical (unpaired) electrons. The summed E-state index contributed by atoms with van der Waals surface area (Å²) in [6, 6.07) is 7.16. The van der Waals surface area contributed by atoms with E-state index in [9.17, 15) is 57.8 Å². The van der Waals surface area contributed by atoms with E-state index in [1.54, 1.807) is 62.4 Å². The lowest BCUT2D eigenvalue weighted by Crippen LogP contribution is -2.61. The number of carbonyl (C=O) groups is 13. The number of nitrogens with two attached hydrogens (primary N) is 4. The summed E-state index contributed by atoms with van der Waals surface area (Å²) in [5, 5.41) is 38.2. The SMILES string of the molecule is CC(=O)N[C@@H]1CCC(=O)NCCCC[C@@H](C(=O)N2CCC[C@H]2C(=O)N[C@@H](CN)C(=O)O)NC(=O)[C@H](CC(C)C)NC(=O)[C@@H](Cc2ccc3ccccc3c2)NC(=O)[C@H](CCCN=C(N)N)NC(=O)[C@H](CC(=O)NN)NC(=O)[C@@H](Cc2cccnc2)NC(=O)[C@@H](Cc2ccc(Cl)cc2)NC1=O. The molecule has 12 amide bonds. The molecule has 32 nitrogen and oxygen atoms in total. The normalized spacial score (nSPS) is 22.6. The number of nitrogens with one attached hydrogen (secondary N) is 11.